The van der Waals surface area contributed by atoms with Crippen molar-refractivity contribution in [1.29, 1.82) is 5.26 Å². The van der Waals surface area contributed by atoms with Gasteiger partial charge in [0.15, 0.2) is 0 Å². The first-order chi connectivity index (χ1) is 9.71. The van der Waals surface area contributed by atoms with Crippen LogP contribution in [-0.2, 0) is 6.54 Å². The Morgan fingerprint density at radius 2 is 1.90 bits per heavy atom. The van der Waals surface area contributed by atoms with Crippen LogP contribution in [0.25, 0.3) is 0 Å². The number of nitrogens with one attached hydrogen (secondary N) is 2. The monoisotopic (exact) mass is 267 g/mol. The Bertz CT molecular complexity index is 613. The van der Waals surface area contributed by atoms with E-state index in [2.05, 4.69) is 26.7 Å². The summed E-state index contributed by atoms with van der Waals surface area (Å²) in [6, 6.07) is 11.5. The Kier molecular flexibility index (Phi) is 4.51. The number of aromatic nitrogens is 2. The summed E-state index contributed by atoms with van der Waals surface area (Å²) in [4.78, 5) is 8.69. The number of hydrogen-bond acceptors (Lipinski definition) is 5. The molecule has 5 nitrogen and oxygen atoms in total. The van der Waals surface area contributed by atoms with E-state index in [-0.39, 0.29) is 0 Å². The fourth-order valence-corrected chi connectivity index (χ4v) is 1.79. The van der Waals surface area contributed by atoms with Gasteiger partial charge in [-0.3, -0.25) is 0 Å². The van der Waals surface area contributed by atoms with Crippen LogP contribution >= 0.6 is 0 Å². The van der Waals surface area contributed by atoms with Crippen LogP contribution in [0.15, 0.2) is 30.3 Å². The minimum atomic E-state index is 0.634. The molecule has 1 aromatic carbocycles. The summed E-state index contributed by atoms with van der Waals surface area (Å²) >= 11 is 0. The maximum Gasteiger partial charge on any atom is 0.224 e. The predicted molar refractivity (Wildman–Crippen MR) is 79.4 cm³/mol. The number of aryl methyl sites for hydroxylation is 1. The van der Waals surface area contributed by atoms with Crippen molar-refractivity contribution >= 4 is 11.8 Å². The second-order valence-corrected chi connectivity index (χ2v) is 4.41. The molecular formula is C15H17N5. The van der Waals surface area contributed by atoms with E-state index in [0.29, 0.717) is 18.1 Å². The zero-order valence-corrected chi connectivity index (χ0v) is 11.6. The second-order valence-electron chi connectivity index (χ2n) is 4.41. The van der Waals surface area contributed by atoms with E-state index in [0.717, 1.165) is 23.6 Å². The lowest BCUT2D eigenvalue weighted by Crippen LogP contribution is -2.07. The summed E-state index contributed by atoms with van der Waals surface area (Å²) in [6.45, 7) is 5.40. The molecule has 0 bridgehead atoms. The van der Waals surface area contributed by atoms with E-state index in [1.165, 1.54) is 0 Å². The van der Waals surface area contributed by atoms with Crippen molar-refractivity contribution < 1.29 is 0 Å². The smallest absolute Gasteiger partial charge is 0.224 e. The molecule has 0 aliphatic rings. The highest BCUT2D eigenvalue weighted by molar-refractivity contribution is 5.43. The van der Waals surface area contributed by atoms with Gasteiger partial charge in [-0.2, -0.15) is 10.2 Å². The maximum absolute atomic E-state index is 8.76. The molecule has 0 radical (unpaired) electrons. The summed E-state index contributed by atoms with van der Waals surface area (Å²) in [6.07, 6.45) is 0. The standard InChI is InChI=1S/C15H17N5/c1-3-17-15-19-11(2)8-14(20-15)18-10-13-6-4-12(9-16)5-7-13/h4-8H,3,10H2,1-2H3,(H2,17,18,19,20). The summed E-state index contributed by atoms with van der Waals surface area (Å²) in [5.74, 6) is 1.42. The maximum atomic E-state index is 8.76. The Balaban J connectivity index is 2.04. The number of benzene rings is 1. The molecule has 0 amide bonds. The van der Waals surface area contributed by atoms with Crippen LogP contribution in [0.3, 0.4) is 0 Å². The summed E-state index contributed by atoms with van der Waals surface area (Å²) < 4.78 is 0. The molecule has 0 saturated carbocycles. The normalized spacial score (nSPS) is 9.85. The highest BCUT2D eigenvalue weighted by Gasteiger charge is 2.01. The molecule has 1 aromatic heterocycles. The lowest BCUT2D eigenvalue weighted by Gasteiger charge is -2.09. The molecule has 0 aliphatic heterocycles. The molecule has 0 fully saturated rings. The van der Waals surface area contributed by atoms with Crippen LogP contribution in [-0.4, -0.2) is 16.5 Å². The van der Waals surface area contributed by atoms with Gasteiger partial charge in [-0.15, -0.1) is 0 Å². The van der Waals surface area contributed by atoms with Gasteiger partial charge in [-0.1, -0.05) is 12.1 Å². The van der Waals surface area contributed by atoms with Crippen molar-refractivity contribution in [2.24, 2.45) is 0 Å². The Hall–Kier alpha value is -2.61. The number of nitrogens with zero attached hydrogens (tertiary/aromatic N) is 3. The van der Waals surface area contributed by atoms with Crippen molar-refractivity contribution in [2.75, 3.05) is 17.2 Å². The Labute approximate surface area is 118 Å². The van der Waals surface area contributed by atoms with Gasteiger partial charge in [0, 0.05) is 24.8 Å². The van der Waals surface area contributed by atoms with E-state index >= 15 is 0 Å². The van der Waals surface area contributed by atoms with Crippen LogP contribution in [0.2, 0.25) is 0 Å². The molecule has 0 aliphatic carbocycles. The van der Waals surface area contributed by atoms with E-state index in [1.807, 2.05) is 44.2 Å². The first-order valence-electron chi connectivity index (χ1n) is 6.53. The average molecular weight is 267 g/mol. The Morgan fingerprint density at radius 1 is 1.15 bits per heavy atom. The van der Waals surface area contributed by atoms with E-state index in [9.17, 15) is 0 Å². The van der Waals surface area contributed by atoms with E-state index < -0.39 is 0 Å². The van der Waals surface area contributed by atoms with E-state index in [4.69, 9.17) is 5.26 Å². The van der Waals surface area contributed by atoms with Crippen molar-refractivity contribution in [3.05, 3.63) is 47.2 Å². The zero-order chi connectivity index (χ0) is 14.4. The highest BCUT2D eigenvalue weighted by Crippen LogP contribution is 2.11. The lowest BCUT2D eigenvalue weighted by molar-refractivity contribution is 1.03. The molecule has 1 heterocycles. The summed E-state index contributed by atoms with van der Waals surface area (Å²) in [5, 5.41) is 15.1. The van der Waals surface area contributed by atoms with Crippen molar-refractivity contribution in [3.8, 4) is 6.07 Å². The fraction of sp³-hybridized carbons (Fsp3) is 0.267. The van der Waals surface area contributed by atoms with Gasteiger partial charge >= 0.3 is 0 Å². The largest absolute Gasteiger partial charge is 0.366 e. The van der Waals surface area contributed by atoms with Crippen molar-refractivity contribution in [2.45, 2.75) is 20.4 Å². The summed E-state index contributed by atoms with van der Waals surface area (Å²) in [5.41, 5.74) is 2.68. The minimum absolute atomic E-state index is 0.634. The molecular weight excluding hydrogens is 250 g/mol. The summed E-state index contributed by atoms with van der Waals surface area (Å²) in [7, 11) is 0. The first-order valence-corrected chi connectivity index (χ1v) is 6.53. The fourth-order valence-electron chi connectivity index (χ4n) is 1.79. The van der Waals surface area contributed by atoms with Crippen LogP contribution in [0.1, 0.15) is 23.7 Å². The zero-order valence-electron chi connectivity index (χ0n) is 11.6. The topological polar surface area (TPSA) is 73.6 Å². The Morgan fingerprint density at radius 3 is 2.55 bits per heavy atom. The van der Waals surface area contributed by atoms with Gasteiger partial charge in [0.05, 0.1) is 11.6 Å². The average Bonchev–Trinajstić information content (AvgIpc) is 2.45. The van der Waals surface area contributed by atoms with Crippen LogP contribution in [0, 0.1) is 18.3 Å². The van der Waals surface area contributed by atoms with Gasteiger partial charge in [-0.05, 0) is 31.5 Å². The molecule has 2 N–H and O–H groups in total. The highest BCUT2D eigenvalue weighted by atomic mass is 15.1. The SMILES string of the molecule is CCNc1nc(C)cc(NCc2ccc(C#N)cc2)n1. The number of hydrogen-bond donors (Lipinski definition) is 2. The lowest BCUT2D eigenvalue weighted by atomic mass is 10.1. The van der Waals surface area contributed by atoms with Gasteiger partial charge in [0.1, 0.15) is 5.82 Å². The third kappa shape index (κ3) is 3.69. The van der Waals surface area contributed by atoms with Gasteiger partial charge in [0.25, 0.3) is 0 Å². The molecule has 2 rings (SSSR count). The minimum Gasteiger partial charge on any atom is -0.366 e. The number of rotatable bonds is 5. The van der Waals surface area contributed by atoms with Gasteiger partial charge < -0.3 is 10.6 Å². The van der Waals surface area contributed by atoms with Crippen LogP contribution in [0.4, 0.5) is 11.8 Å². The van der Waals surface area contributed by atoms with Crippen molar-refractivity contribution in [1.82, 2.24) is 9.97 Å². The van der Waals surface area contributed by atoms with Gasteiger partial charge in [-0.25, -0.2) is 4.98 Å². The predicted octanol–water partition coefficient (Wildman–Crippen LogP) is 2.70. The number of nitriles is 1. The molecule has 0 atom stereocenters. The number of anilines is 2. The van der Waals surface area contributed by atoms with Crippen LogP contribution < -0.4 is 10.6 Å². The molecule has 0 spiro atoms. The molecule has 20 heavy (non-hydrogen) atoms. The van der Waals surface area contributed by atoms with E-state index in [1.54, 1.807) is 0 Å². The molecule has 102 valence electrons. The molecule has 0 unspecified atom stereocenters. The third-order valence-electron chi connectivity index (χ3n) is 2.75. The molecule has 0 saturated heterocycles. The first kappa shape index (κ1) is 13.8. The van der Waals surface area contributed by atoms with Crippen LogP contribution in [0.5, 0.6) is 0 Å². The molecule has 2 aromatic rings. The van der Waals surface area contributed by atoms with Gasteiger partial charge in [0.2, 0.25) is 5.95 Å². The quantitative estimate of drug-likeness (QED) is 0.871. The third-order valence-corrected chi connectivity index (χ3v) is 2.75. The van der Waals surface area contributed by atoms with Crippen molar-refractivity contribution in [3.63, 3.8) is 0 Å². The molecule has 5 heteroatoms. The second kappa shape index (κ2) is 6.53.